The summed E-state index contributed by atoms with van der Waals surface area (Å²) in [5.74, 6) is -0.218. The first-order valence-corrected chi connectivity index (χ1v) is 6.58. The van der Waals surface area contributed by atoms with Crippen molar-refractivity contribution in [1.29, 1.82) is 0 Å². The zero-order valence-electron chi connectivity index (χ0n) is 10.5. The van der Waals surface area contributed by atoms with E-state index in [4.69, 9.17) is 0 Å². The predicted octanol–water partition coefficient (Wildman–Crippen LogP) is 4.53. The van der Waals surface area contributed by atoms with Gasteiger partial charge in [0.15, 0.2) is 0 Å². The Morgan fingerprint density at radius 1 is 1.11 bits per heavy atom. The lowest BCUT2D eigenvalue weighted by Crippen LogP contribution is -2.16. The Hall–Kier alpha value is -1.35. The van der Waals surface area contributed by atoms with Crippen LogP contribution in [0.3, 0.4) is 0 Å². The minimum atomic E-state index is -0.218. The van der Waals surface area contributed by atoms with Gasteiger partial charge in [0.2, 0.25) is 0 Å². The Morgan fingerprint density at radius 3 is 2.44 bits per heavy atom. The molecule has 0 aliphatic rings. The second kappa shape index (κ2) is 5.53. The van der Waals surface area contributed by atoms with E-state index in [1.165, 1.54) is 11.6 Å². The van der Waals surface area contributed by atoms with E-state index < -0.39 is 0 Å². The van der Waals surface area contributed by atoms with E-state index in [9.17, 15) is 4.39 Å². The summed E-state index contributed by atoms with van der Waals surface area (Å²) < 4.78 is 14.0. The minimum absolute atomic E-state index is 0.218. The molecule has 0 spiro atoms. The SMILES string of the molecule is Cc1ccc(N(C)Cc2cccc(F)c2Br)cc1. The summed E-state index contributed by atoms with van der Waals surface area (Å²) in [5.41, 5.74) is 3.30. The van der Waals surface area contributed by atoms with Gasteiger partial charge in [-0.3, -0.25) is 0 Å². The number of halogens is 2. The molecule has 0 radical (unpaired) electrons. The maximum Gasteiger partial charge on any atom is 0.137 e. The molecule has 2 aromatic rings. The Kier molecular flexibility index (Phi) is 4.02. The lowest BCUT2D eigenvalue weighted by molar-refractivity contribution is 0.617. The van der Waals surface area contributed by atoms with Crippen molar-refractivity contribution in [2.75, 3.05) is 11.9 Å². The fourth-order valence-corrected chi connectivity index (χ4v) is 2.21. The topological polar surface area (TPSA) is 3.24 Å². The van der Waals surface area contributed by atoms with Crippen LogP contribution >= 0.6 is 15.9 Å². The summed E-state index contributed by atoms with van der Waals surface area (Å²) in [7, 11) is 2.00. The summed E-state index contributed by atoms with van der Waals surface area (Å²) >= 11 is 3.29. The van der Waals surface area contributed by atoms with Gasteiger partial charge in [-0.15, -0.1) is 0 Å². The molecule has 0 aliphatic carbocycles. The fourth-order valence-electron chi connectivity index (χ4n) is 1.82. The molecule has 0 amide bonds. The van der Waals surface area contributed by atoms with Gasteiger partial charge < -0.3 is 4.90 Å². The molecule has 3 heteroatoms. The van der Waals surface area contributed by atoms with Crippen LogP contribution in [0.15, 0.2) is 46.9 Å². The van der Waals surface area contributed by atoms with Crippen LogP contribution in [0.1, 0.15) is 11.1 Å². The zero-order valence-corrected chi connectivity index (χ0v) is 12.0. The van der Waals surface area contributed by atoms with Crippen molar-refractivity contribution in [3.05, 3.63) is 63.9 Å². The van der Waals surface area contributed by atoms with Gasteiger partial charge in [0.05, 0.1) is 4.47 Å². The zero-order chi connectivity index (χ0) is 13.1. The number of nitrogens with zero attached hydrogens (tertiary/aromatic N) is 1. The van der Waals surface area contributed by atoms with Crippen LogP contribution < -0.4 is 4.90 Å². The van der Waals surface area contributed by atoms with Crippen LogP contribution in [-0.4, -0.2) is 7.05 Å². The standard InChI is InChI=1S/C15H15BrFN/c1-11-6-8-13(9-7-11)18(2)10-12-4-3-5-14(17)15(12)16/h3-9H,10H2,1-2H3. The van der Waals surface area contributed by atoms with Crippen molar-refractivity contribution >= 4 is 21.6 Å². The summed E-state index contributed by atoms with van der Waals surface area (Å²) in [6, 6.07) is 13.4. The number of aryl methyl sites for hydroxylation is 1. The Morgan fingerprint density at radius 2 is 1.78 bits per heavy atom. The molecule has 2 rings (SSSR count). The number of hydrogen-bond acceptors (Lipinski definition) is 1. The van der Waals surface area contributed by atoms with Gasteiger partial charge in [0, 0.05) is 19.3 Å². The van der Waals surface area contributed by atoms with Crippen LogP contribution in [-0.2, 0) is 6.54 Å². The second-order valence-corrected chi connectivity index (χ2v) is 5.20. The maximum absolute atomic E-state index is 13.4. The molecule has 0 saturated heterocycles. The molecule has 0 aliphatic heterocycles. The molecule has 2 aromatic carbocycles. The first kappa shape index (κ1) is 13.1. The van der Waals surface area contributed by atoms with E-state index >= 15 is 0 Å². The first-order valence-electron chi connectivity index (χ1n) is 5.78. The largest absolute Gasteiger partial charge is 0.370 e. The molecular weight excluding hydrogens is 293 g/mol. The number of hydrogen-bond donors (Lipinski definition) is 0. The van der Waals surface area contributed by atoms with Gasteiger partial charge in [0.25, 0.3) is 0 Å². The highest BCUT2D eigenvalue weighted by molar-refractivity contribution is 9.10. The molecule has 0 fully saturated rings. The van der Waals surface area contributed by atoms with E-state index in [1.54, 1.807) is 6.07 Å². The van der Waals surface area contributed by atoms with Crippen molar-refractivity contribution in [1.82, 2.24) is 0 Å². The second-order valence-electron chi connectivity index (χ2n) is 4.40. The third-order valence-corrected chi connectivity index (χ3v) is 3.80. The van der Waals surface area contributed by atoms with Gasteiger partial charge in [0.1, 0.15) is 5.82 Å². The summed E-state index contributed by atoms with van der Waals surface area (Å²) in [6.07, 6.45) is 0. The van der Waals surface area contributed by atoms with Crippen LogP contribution in [0.4, 0.5) is 10.1 Å². The third kappa shape index (κ3) is 2.91. The Labute approximate surface area is 115 Å². The van der Waals surface area contributed by atoms with Crippen molar-refractivity contribution in [3.63, 3.8) is 0 Å². The third-order valence-electron chi connectivity index (χ3n) is 2.91. The van der Waals surface area contributed by atoms with E-state index in [2.05, 4.69) is 52.0 Å². The molecule has 0 atom stereocenters. The summed E-state index contributed by atoms with van der Waals surface area (Å²) in [6.45, 7) is 2.73. The molecule has 94 valence electrons. The maximum atomic E-state index is 13.4. The molecular formula is C15H15BrFN. The van der Waals surface area contributed by atoms with Gasteiger partial charge in [-0.25, -0.2) is 4.39 Å². The van der Waals surface area contributed by atoms with E-state index in [0.29, 0.717) is 11.0 Å². The minimum Gasteiger partial charge on any atom is -0.370 e. The molecule has 1 nitrogen and oxygen atoms in total. The van der Waals surface area contributed by atoms with Crippen LogP contribution in [0, 0.1) is 12.7 Å². The number of rotatable bonds is 3. The summed E-state index contributed by atoms with van der Waals surface area (Å²) in [4.78, 5) is 2.10. The monoisotopic (exact) mass is 307 g/mol. The molecule has 0 N–H and O–H groups in total. The quantitative estimate of drug-likeness (QED) is 0.805. The lowest BCUT2D eigenvalue weighted by atomic mass is 10.2. The van der Waals surface area contributed by atoms with Gasteiger partial charge in [-0.1, -0.05) is 29.8 Å². The fraction of sp³-hybridized carbons (Fsp3) is 0.200. The van der Waals surface area contributed by atoms with Crippen LogP contribution in [0.5, 0.6) is 0 Å². The highest BCUT2D eigenvalue weighted by Gasteiger charge is 2.08. The average molecular weight is 308 g/mol. The number of benzene rings is 2. The van der Waals surface area contributed by atoms with Crippen LogP contribution in [0.25, 0.3) is 0 Å². The molecule has 0 bridgehead atoms. The molecule has 0 unspecified atom stereocenters. The van der Waals surface area contributed by atoms with Crippen molar-refractivity contribution in [2.45, 2.75) is 13.5 Å². The highest BCUT2D eigenvalue weighted by Crippen LogP contribution is 2.23. The van der Waals surface area contributed by atoms with Gasteiger partial charge in [-0.05, 0) is 46.6 Å². The van der Waals surface area contributed by atoms with E-state index in [1.807, 2.05) is 13.1 Å². The van der Waals surface area contributed by atoms with Crippen molar-refractivity contribution in [2.24, 2.45) is 0 Å². The molecule has 0 saturated carbocycles. The van der Waals surface area contributed by atoms with Crippen LogP contribution in [0.2, 0.25) is 0 Å². The normalized spacial score (nSPS) is 10.4. The molecule has 0 aromatic heterocycles. The predicted molar refractivity (Wildman–Crippen MR) is 77.4 cm³/mol. The van der Waals surface area contributed by atoms with Gasteiger partial charge in [-0.2, -0.15) is 0 Å². The van der Waals surface area contributed by atoms with Crippen molar-refractivity contribution in [3.8, 4) is 0 Å². The molecule has 18 heavy (non-hydrogen) atoms. The molecule has 0 heterocycles. The Balaban J connectivity index is 2.18. The Bertz CT molecular complexity index is 537. The number of anilines is 1. The summed E-state index contributed by atoms with van der Waals surface area (Å²) in [5, 5.41) is 0. The lowest BCUT2D eigenvalue weighted by Gasteiger charge is -2.20. The van der Waals surface area contributed by atoms with E-state index in [0.717, 1.165) is 11.3 Å². The smallest absolute Gasteiger partial charge is 0.137 e. The first-order chi connectivity index (χ1) is 8.58. The van der Waals surface area contributed by atoms with Gasteiger partial charge >= 0.3 is 0 Å². The van der Waals surface area contributed by atoms with E-state index in [-0.39, 0.29) is 5.82 Å². The van der Waals surface area contributed by atoms with Crippen molar-refractivity contribution < 1.29 is 4.39 Å². The highest BCUT2D eigenvalue weighted by atomic mass is 79.9. The average Bonchev–Trinajstić information content (AvgIpc) is 2.36.